The summed E-state index contributed by atoms with van der Waals surface area (Å²) in [4.78, 5) is 12.2. The van der Waals surface area contributed by atoms with Gasteiger partial charge < -0.3 is 5.32 Å². The van der Waals surface area contributed by atoms with Gasteiger partial charge in [-0.2, -0.15) is 0 Å². The van der Waals surface area contributed by atoms with E-state index in [1.807, 2.05) is 37.3 Å². The zero-order chi connectivity index (χ0) is 15.2. The third-order valence-electron chi connectivity index (χ3n) is 3.37. The van der Waals surface area contributed by atoms with E-state index >= 15 is 0 Å². The molecule has 3 heteroatoms. The van der Waals surface area contributed by atoms with Crippen LogP contribution in [-0.2, 0) is 11.2 Å². The minimum atomic E-state index is -0.647. The molecule has 2 aromatic rings. The zero-order valence-corrected chi connectivity index (χ0v) is 13.1. The first kappa shape index (κ1) is 15.6. The predicted octanol–water partition coefficient (Wildman–Crippen LogP) is 4.02. The van der Waals surface area contributed by atoms with Gasteiger partial charge in [0.15, 0.2) is 0 Å². The lowest BCUT2D eigenvalue weighted by molar-refractivity contribution is -0.121. The van der Waals surface area contributed by atoms with Crippen LogP contribution < -0.4 is 5.32 Å². The zero-order valence-electron chi connectivity index (χ0n) is 12.3. The van der Waals surface area contributed by atoms with Gasteiger partial charge >= 0.3 is 0 Å². The maximum Gasteiger partial charge on any atom is 0.242 e. The van der Waals surface area contributed by atoms with Crippen LogP contribution in [0, 0.1) is 6.92 Å². The highest BCUT2D eigenvalue weighted by Gasteiger charge is 2.19. The molecular weight excluding hydrogens is 282 g/mol. The van der Waals surface area contributed by atoms with Crippen molar-refractivity contribution in [1.82, 2.24) is 5.32 Å². The first-order valence-electron chi connectivity index (χ1n) is 7.11. The molecule has 0 aromatic heterocycles. The summed E-state index contributed by atoms with van der Waals surface area (Å²) in [5, 5.41) is 2.32. The van der Waals surface area contributed by atoms with E-state index in [2.05, 4.69) is 36.5 Å². The van der Waals surface area contributed by atoms with Gasteiger partial charge in [-0.1, -0.05) is 60.2 Å². The fourth-order valence-electron chi connectivity index (χ4n) is 2.22. The summed E-state index contributed by atoms with van der Waals surface area (Å²) in [6.45, 7) is 4.05. The summed E-state index contributed by atoms with van der Waals surface area (Å²) in [6, 6.07) is 17.8. The van der Waals surface area contributed by atoms with Gasteiger partial charge in [-0.05, 0) is 31.4 Å². The van der Waals surface area contributed by atoms with Crippen molar-refractivity contribution in [2.24, 2.45) is 0 Å². The summed E-state index contributed by atoms with van der Waals surface area (Å²) in [5.41, 5.74) is 3.26. The van der Waals surface area contributed by atoms with Crippen LogP contribution in [0.4, 0.5) is 0 Å². The van der Waals surface area contributed by atoms with Crippen LogP contribution in [0.25, 0.3) is 0 Å². The van der Waals surface area contributed by atoms with Crippen molar-refractivity contribution in [2.75, 3.05) is 0 Å². The van der Waals surface area contributed by atoms with E-state index in [0.29, 0.717) is 0 Å². The van der Waals surface area contributed by atoms with Crippen molar-refractivity contribution in [3.8, 4) is 0 Å². The van der Waals surface area contributed by atoms with E-state index in [9.17, 15) is 4.79 Å². The number of benzene rings is 2. The molecule has 110 valence electrons. The van der Waals surface area contributed by atoms with Crippen LogP contribution in [0.3, 0.4) is 0 Å². The fourth-order valence-corrected chi connectivity index (χ4v) is 2.43. The van der Waals surface area contributed by atoms with Crippen molar-refractivity contribution in [2.45, 2.75) is 31.7 Å². The summed E-state index contributed by atoms with van der Waals surface area (Å²) in [6.07, 6.45) is 0.796. The molecular formula is C18H20ClNO. The lowest BCUT2D eigenvalue weighted by Gasteiger charge is -2.17. The van der Waals surface area contributed by atoms with Gasteiger partial charge in [-0.25, -0.2) is 0 Å². The maximum atomic E-state index is 12.2. The third kappa shape index (κ3) is 4.61. The minimum absolute atomic E-state index is 0.0465. The number of nitrogens with one attached hydrogen (secondary N) is 1. The number of rotatable bonds is 5. The number of hydrogen-bond donors (Lipinski definition) is 1. The van der Waals surface area contributed by atoms with E-state index < -0.39 is 5.38 Å². The molecule has 0 spiro atoms. The Morgan fingerprint density at radius 1 is 1.10 bits per heavy atom. The molecule has 0 aliphatic rings. The van der Waals surface area contributed by atoms with E-state index in [0.717, 1.165) is 12.0 Å². The molecule has 0 aliphatic heterocycles. The molecule has 0 fully saturated rings. The number of carbonyl (C=O) groups is 1. The smallest absolute Gasteiger partial charge is 0.242 e. The number of carbonyl (C=O) groups excluding carboxylic acids is 1. The van der Waals surface area contributed by atoms with Crippen molar-refractivity contribution in [3.05, 3.63) is 71.3 Å². The summed E-state index contributed by atoms with van der Waals surface area (Å²) in [5.74, 6) is -0.150. The summed E-state index contributed by atoms with van der Waals surface area (Å²) < 4.78 is 0. The molecule has 0 saturated carbocycles. The molecule has 0 aliphatic carbocycles. The van der Waals surface area contributed by atoms with Gasteiger partial charge in [-0.15, -0.1) is 11.6 Å². The molecule has 2 rings (SSSR count). The second-order valence-electron chi connectivity index (χ2n) is 5.37. The highest BCUT2D eigenvalue weighted by molar-refractivity contribution is 6.30. The van der Waals surface area contributed by atoms with E-state index in [-0.39, 0.29) is 11.9 Å². The van der Waals surface area contributed by atoms with Crippen molar-refractivity contribution in [3.63, 3.8) is 0 Å². The van der Waals surface area contributed by atoms with E-state index in [1.165, 1.54) is 11.1 Å². The molecule has 2 aromatic carbocycles. The van der Waals surface area contributed by atoms with E-state index in [1.54, 1.807) is 0 Å². The Morgan fingerprint density at radius 2 is 1.71 bits per heavy atom. The standard InChI is InChI=1S/C18H20ClNO/c1-13-8-10-15(11-9-13)12-14(2)20-18(21)17(19)16-6-4-3-5-7-16/h3-11,14,17H,12H2,1-2H3,(H,20,21). The molecule has 0 heterocycles. The molecule has 2 atom stereocenters. The third-order valence-corrected chi connectivity index (χ3v) is 3.82. The number of hydrogen-bond acceptors (Lipinski definition) is 1. The van der Waals surface area contributed by atoms with Gasteiger partial charge in [0.25, 0.3) is 0 Å². The maximum absolute atomic E-state index is 12.2. The van der Waals surface area contributed by atoms with Crippen LogP contribution in [0.2, 0.25) is 0 Å². The Morgan fingerprint density at radius 3 is 2.33 bits per heavy atom. The van der Waals surface area contributed by atoms with Crippen molar-refractivity contribution >= 4 is 17.5 Å². The van der Waals surface area contributed by atoms with Gasteiger partial charge in [0.05, 0.1) is 0 Å². The molecule has 0 bridgehead atoms. The first-order valence-corrected chi connectivity index (χ1v) is 7.55. The van der Waals surface area contributed by atoms with Crippen LogP contribution in [0.15, 0.2) is 54.6 Å². The van der Waals surface area contributed by atoms with E-state index in [4.69, 9.17) is 11.6 Å². The summed E-state index contributed by atoms with van der Waals surface area (Å²) >= 11 is 6.21. The van der Waals surface area contributed by atoms with Crippen molar-refractivity contribution < 1.29 is 4.79 Å². The Hall–Kier alpha value is -1.80. The van der Waals surface area contributed by atoms with Crippen LogP contribution in [0.1, 0.15) is 29.0 Å². The SMILES string of the molecule is Cc1ccc(CC(C)NC(=O)C(Cl)c2ccccc2)cc1. The van der Waals surface area contributed by atoms with Crippen molar-refractivity contribution in [1.29, 1.82) is 0 Å². The second kappa shape index (κ2) is 7.28. The van der Waals surface area contributed by atoms with Crippen LogP contribution in [-0.4, -0.2) is 11.9 Å². The average Bonchev–Trinajstić information content (AvgIpc) is 2.49. The molecule has 0 radical (unpaired) electrons. The quantitative estimate of drug-likeness (QED) is 0.830. The largest absolute Gasteiger partial charge is 0.352 e. The number of alkyl halides is 1. The normalized spacial score (nSPS) is 13.5. The topological polar surface area (TPSA) is 29.1 Å². The molecule has 1 N–H and O–H groups in total. The lowest BCUT2D eigenvalue weighted by atomic mass is 10.0. The molecule has 2 unspecified atom stereocenters. The highest BCUT2D eigenvalue weighted by atomic mass is 35.5. The molecule has 21 heavy (non-hydrogen) atoms. The number of halogens is 1. The fraction of sp³-hybridized carbons (Fsp3) is 0.278. The monoisotopic (exact) mass is 301 g/mol. The molecule has 1 amide bonds. The lowest BCUT2D eigenvalue weighted by Crippen LogP contribution is -2.36. The predicted molar refractivity (Wildman–Crippen MR) is 87.5 cm³/mol. The first-order chi connectivity index (χ1) is 10.1. The van der Waals surface area contributed by atoms with Gasteiger partial charge in [0, 0.05) is 6.04 Å². The Balaban J connectivity index is 1.91. The number of amides is 1. The Labute approximate surface area is 131 Å². The highest BCUT2D eigenvalue weighted by Crippen LogP contribution is 2.20. The summed E-state index contributed by atoms with van der Waals surface area (Å²) in [7, 11) is 0. The Bertz CT molecular complexity index is 580. The van der Waals surface area contributed by atoms with Gasteiger partial charge in [0.1, 0.15) is 5.38 Å². The molecule has 2 nitrogen and oxygen atoms in total. The second-order valence-corrected chi connectivity index (χ2v) is 5.81. The Kier molecular flexibility index (Phi) is 5.40. The van der Waals surface area contributed by atoms with Crippen LogP contribution >= 0.6 is 11.6 Å². The number of aryl methyl sites for hydroxylation is 1. The average molecular weight is 302 g/mol. The van der Waals surface area contributed by atoms with Gasteiger partial charge in [0.2, 0.25) is 5.91 Å². The minimum Gasteiger partial charge on any atom is -0.352 e. The van der Waals surface area contributed by atoms with Gasteiger partial charge in [-0.3, -0.25) is 4.79 Å². The van der Waals surface area contributed by atoms with Crippen LogP contribution in [0.5, 0.6) is 0 Å². The molecule has 0 saturated heterocycles.